The Kier molecular flexibility index (Phi) is 7.99. The van der Waals surface area contributed by atoms with Crippen molar-refractivity contribution in [2.24, 2.45) is 0 Å². The summed E-state index contributed by atoms with van der Waals surface area (Å²) in [6.45, 7) is 8.94. The van der Waals surface area contributed by atoms with Crippen LogP contribution in [0.4, 0.5) is 15.9 Å². The first kappa shape index (κ1) is 23.9. The highest BCUT2D eigenvalue weighted by atomic mass is 32.2. The third-order valence-electron chi connectivity index (χ3n) is 5.39. The van der Waals surface area contributed by atoms with E-state index in [-0.39, 0.29) is 5.25 Å². The Balaban J connectivity index is 1.93. The molecule has 1 aromatic heterocycles. The zero-order valence-electron chi connectivity index (χ0n) is 18.9. The summed E-state index contributed by atoms with van der Waals surface area (Å²) in [7, 11) is 0.751. The molecule has 1 aliphatic rings. The summed E-state index contributed by atoms with van der Waals surface area (Å²) in [4.78, 5) is 4.31. The average Bonchev–Trinajstić information content (AvgIpc) is 3.60. The van der Waals surface area contributed by atoms with E-state index >= 15 is 0 Å². The Bertz CT molecular complexity index is 1090. The second-order valence-electron chi connectivity index (χ2n) is 8.13. The van der Waals surface area contributed by atoms with Gasteiger partial charge in [-0.3, -0.25) is 0 Å². The molecule has 1 saturated carbocycles. The van der Waals surface area contributed by atoms with E-state index in [9.17, 15) is 8.60 Å². The first-order valence-electron chi connectivity index (χ1n) is 10.7. The number of allylic oxidation sites excluding steroid dienone is 4. The van der Waals surface area contributed by atoms with Crippen LogP contribution in [-0.4, -0.2) is 28.0 Å². The summed E-state index contributed by atoms with van der Waals surface area (Å²) in [5.41, 5.74) is 11.6. The Morgan fingerprint density at radius 3 is 2.69 bits per heavy atom. The molecule has 0 amide bonds. The molecule has 1 unspecified atom stereocenters. The molecular formula is C25H31FN4OS. The van der Waals surface area contributed by atoms with E-state index in [1.54, 1.807) is 24.4 Å². The number of anilines is 2. The molecule has 1 atom stereocenters. The summed E-state index contributed by atoms with van der Waals surface area (Å²) >= 11 is 0. The monoisotopic (exact) mass is 454 g/mol. The van der Waals surface area contributed by atoms with Crippen molar-refractivity contribution in [1.29, 1.82) is 0 Å². The number of hydrogen-bond acceptors (Lipinski definition) is 4. The van der Waals surface area contributed by atoms with E-state index in [4.69, 9.17) is 5.73 Å². The number of halogens is 1. The van der Waals surface area contributed by atoms with Crippen LogP contribution in [0.3, 0.4) is 0 Å². The summed E-state index contributed by atoms with van der Waals surface area (Å²) in [6, 6.07) is 6.61. The topological polar surface area (TPSA) is 80.0 Å². The number of nitrogens with zero attached hydrogens (tertiary/aromatic N) is 1. The van der Waals surface area contributed by atoms with Crippen LogP contribution < -0.4 is 15.8 Å². The Morgan fingerprint density at radius 2 is 2.09 bits per heavy atom. The molecule has 0 saturated heterocycles. The van der Waals surface area contributed by atoms with Gasteiger partial charge in [0.25, 0.3) is 0 Å². The van der Waals surface area contributed by atoms with Gasteiger partial charge in [0.05, 0.1) is 5.25 Å². The van der Waals surface area contributed by atoms with E-state index in [0.29, 0.717) is 28.2 Å². The van der Waals surface area contributed by atoms with Gasteiger partial charge in [-0.1, -0.05) is 24.3 Å². The maximum atomic E-state index is 14.9. The van der Waals surface area contributed by atoms with Crippen molar-refractivity contribution < 1.29 is 8.60 Å². The molecule has 1 heterocycles. The van der Waals surface area contributed by atoms with Crippen LogP contribution >= 0.6 is 0 Å². The highest BCUT2D eigenvalue weighted by Gasteiger charge is 2.28. The second kappa shape index (κ2) is 10.7. The number of nitrogen functional groups attached to an aromatic ring is 1. The van der Waals surface area contributed by atoms with Crippen molar-refractivity contribution in [3.8, 4) is 11.1 Å². The molecule has 4 N–H and O–H groups in total. The van der Waals surface area contributed by atoms with Crippen LogP contribution in [0, 0.1) is 5.82 Å². The number of hydrogen-bond donors (Lipinski definition) is 3. The minimum Gasteiger partial charge on any atom is -0.383 e. The van der Waals surface area contributed by atoms with E-state index in [0.717, 1.165) is 31.4 Å². The number of aromatic nitrogens is 1. The van der Waals surface area contributed by atoms with E-state index in [1.165, 1.54) is 17.2 Å². The molecule has 0 spiro atoms. The van der Waals surface area contributed by atoms with Gasteiger partial charge in [-0.15, -0.1) is 0 Å². The van der Waals surface area contributed by atoms with Gasteiger partial charge >= 0.3 is 0 Å². The molecule has 1 aromatic carbocycles. The largest absolute Gasteiger partial charge is 0.383 e. The first-order chi connectivity index (χ1) is 15.3. The van der Waals surface area contributed by atoms with Crippen molar-refractivity contribution in [3.63, 3.8) is 0 Å². The Morgan fingerprint density at radius 1 is 1.34 bits per heavy atom. The van der Waals surface area contributed by atoms with Gasteiger partial charge in [0.1, 0.15) is 22.6 Å². The highest BCUT2D eigenvalue weighted by molar-refractivity contribution is 7.87. The minimum atomic E-state index is -1.17. The molecule has 0 bridgehead atoms. The molecule has 0 radical (unpaired) electrons. The van der Waals surface area contributed by atoms with Gasteiger partial charge in [0, 0.05) is 28.6 Å². The van der Waals surface area contributed by atoms with Gasteiger partial charge in [-0.05, 0) is 82.1 Å². The minimum absolute atomic E-state index is 0.171. The van der Waals surface area contributed by atoms with Gasteiger partial charge in [-0.25, -0.2) is 13.6 Å². The fraction of sp³-hybridized carbons (Fsp3) is 0.320. The molecule has 1 aliphatic carbocycles. The van der Waals surface area contributed by atoms with Gasteiger partial charge in [-0.2, -0.15) is 0 Å². The van der Waals surface area contributed by atoms with Crippen LogP contribution in [-0.2, 0) is 11.0 Å². The van der Waals surface area contributed by atoms with Crippen LogP contribution in [0.15, 0.2) is 60.3 Å². The zero-order chi connectivity index (χ0) is 23.3. The van der Waals surface area contributed by atoms with Gasteiger partial charge < -0.3 is 15.8 Å². The SMILES string of the molecule is C=C/C(=C\C(CCNC)=C(C)C)c1cc(-c2ccc(NS(=O)C3CC3)cc2F)cnc1N. The average molecular weight is 455 g/mol. The Hall–Kier alpha value is -2.77. The summed E-state index contributed by atoms with van der Waals surface area (Å²) in [5.74, 6) is -0.0522. The van der Waals surface area contributed by atoms with E-state index < -0.39 is 16.8 Å². The van der Waals surface area contributed by atoms with Crippen molar-refractivity contribution >= 4 is 28.1 Å². The predicted molar refractivity (Wildman–Crippen MR) is 134 cm³/mol. The van der Waals surface area contributed by atoms with Crippen molar-refractivity contribution in [2.45, 2.75) is 38.4 Å². The number of nitrogens with one attached hydrogen (secondary N) is 2. The van der Waals surface area contributed by atoms with Crippen molar-refractivity contribution in [1.82, 2.24) is 10.3 Å². The highest BCUT2D eigenvalue weighted by Crippen LogP contribution is 2.32. The number of benzene rings is 1. The van der Waals surface area contributed by atoms with Crippen molar-refractivity contribution in [2.75, 3.05) is 24.0 Å². The normalized spacial score (nSPS) is 14.7. The first-order valence-corrected chi connectivity index (χ1v) is 11.9. The van der Waals surface area contributed by atoms with E-state index in [1.807, 2.05) is 13.1 Å². The van der Waals surface area contributed by atoms with Crippen LogP contribution in [0.2, 0.25) is 0 Å². The lowest BCUT2D eigenvalue weighted by molar-refractivity contribution is 0.632. The molecule has 1 fully saturated rings. The maximum absolute atomic E-state index is 14.9. The lowest BCUT2D eigenvalue weighted by Crippen LogP contribution is -2.09. The molecule has 32 heavy (non-hydrogen) atoms. The van der Waals surface area contributed by atoms with E-state index in [2.05, 4.69) is 41.5 Å². The van der Waals surface area contributed by atoms with Crippen LogP contribution in [0.25, 0.3) is 16.7 Å². The fourth-order valence-corrected chi connectivity index (χ4v) is 4.40. The smallest absolute Gasteiger partial charge is 0.133 e. The Labute approximate surface area is 192 Å². The predicted octanol–water partition coefficient (Wildman–Crippen LogP) is 5.22. The summed E-state index contributed by atoms with van der Waals surface area (Å²) < 4.78 is 29.9. The van der Waals surface area contributed by atoms with Crippen molar-refractivity contribution in [3.05, 3.63) is 71.7 Å². The molecule has 7 heteroatoms. The lowest BCUT2D eigenvalue weighted by atomic mass is 9.97. The molecule has 3 rings (SSSR count). The molecule has 0 aliphatic heterocycles. The van der Waals surface area contributed by atoms with Gasteiger partial charge in [0.15, 0.2) is 0 Å². The third kappa shape index (κ3) is 5.93. The summed E-state index contributed by atoms with van der Waals surface area (Å²) in [5, 5.41) is 3.34. The molecule has 2 aromatic rings. The quantitative estimate of drug-likeness (QED) is 0.430. The number of rotatable bonds is 10. The third-order valence-corrected chi connectivity index (χ3v) is 6.91. The lowest BCUT2D eigenvalue weighted by Gasteiger charge is -2.13. The number of nitrogens with two attached hydrogens (primary N) is 1. The zero-order valence-corrected chi connectivity index (χ0v) is 19.7. The van der Waals surface area contributed by atoms with Crippen LogP contribution in [0.1, 0.15) is 38.7 Å². The second-order valence-corrected chi connectivity index (χ2v) is 9.60. The summed E-state index contributed by atoms with van der Waals surface area (Å²) in [6.07, 6.45) is 8.14. The standard InChI is InChI=1S/C25H31FN4OS/c1-5-17(12-18(16(2)3)10-11-28-4)23-13-19(15-29-25(23)27)22-9-6-20(14-24(22)26)30-32(31)21-7-8-21/h5-6,9,12-15,21,28,30H,1,7-8,10-11H2,2-4H3,(H2,27,29)/b17-12+. The van der Waals surface area contributed by atoms with Gasteiger partial charge in [0.2, 0.25) is 0 Å². The molecule has 170 valence electrons. The number of pyridine rings is 1. The maximum Gasteiger partial charge on any atom is 0.133 e. The van der Waals surface area contributed by atoms with Crippen LogP contribution in [0.5, 0.6) is 0 Å². The fourth-order valence-electron chi connectivity index (χ4n) is 3.31. The molecule has 5 nitrogen and oxygen atoms in total. The molecular weight excluding hydrogens is 423 g/mol.